The van der Waals surface area contributed by atoms with Crippen molar-refractivity contribution in [3.63, 3.8) is 0 Å². The van der Waals surface area contributed by atoms with Crippen LogP contribution in [0.2, 0.25) is 0 Å². The second kappa shape index (κ2) is 7.01. The highest BCUT2D eigenvalue weighted by atomic mass is 32.1. The van der Waals surface area contributed by atoms with Crippen molar-refractivity contribution < 1.29 is 4.74 Å². The van der Waals surface area contributed by atoms with Crippen molar-refractivity contribution in [2.45, 2.75) is 18.9 Å². The summed E-state index contributed by atoms with van der Waals surface area (Å²) in [5.41, 5.74) is 0. The summed E-state index contributed by atoms with van der Waals surface area (Å²) in [4.78, 5) is 1.46. The Kier molecular flexibility index (Phi) is 5.28. The van der Waals surface area contributed by atoms with E-state index in [1.54, 1.807) is 0 Å². The van der Waals surface area contributed by atoms with Crippen molar-refractivity contribution in [1.29, 1.82) is 0 Å². The summed E-state index contributed by atoms with van der Waals surface area (Å²) in [5, 5.41) is 9.08. The molecule has 1 unspecified atom stereocenters. The second-order valence-corrected chi connectivity index (χ2v) is 5.13. The van der Waals surface area contributed by atoms with Crippen LogP contribution in [0.1, 0.15) is 11.3 Å². The van der Waals surface area contributed by atoms with Gasteiger partial charge < -0.3 is 15.4 Å². The molecular formula is C12H20N2OS. The van der Waals surface area contributed by atoms with Crippen LogP contribution in [0.15, 0.2) is 17.5 Å². The normalized spacial score (nSPS) is 21.1. The Morgan fingerprint density at radius 2 is 2.50 bits per heavy atom. The van der Waals surface area contributed by atoms with E-state index in [0.717, 1.165) is 45.7 Å². The molecule has 0 spiro atoms. The topological polar surface area (TPSA) is 33.3 Å². The first-order chi connectivity index (χ1) is 7.95. The van der Waals surface area contributed by atoms with Crippen molar-refractivity contribution in [2.75, 3.05) is 32.8 Å². The summed E-state index contributed by atoms with van der Waals surface area (Å²) < 4.78 is 5.41. The van der Waals surface area contributed by atoms with Crippen LogP contribution < -0.4 is 10.6 Å². The van der Waals surface area contributed by atoms with Gasteiger partial charge in [0.05, 0.1) is 13.2 Å². The maximum absolute atomic E-state index is 5.41. The molecule has 0 radical (unpaired) electrons. The third-order valence-corrected chi connectivity index (χ3v) is 3.73. The van der Waals surface area contributed by atoms with Gasteiger partial charge in [-0.05, 0) is 37.4 Å². The largest absolute Gasteiger partial charge is 0.379 e. The molecule has 2 N–H and O–H groups in total. The van der Waals surface area contributed by atoms with Crippen molar-refractivity contribution >= 4 is 11.3 Å². The van der Waals surface area contributed by atoms with E-state index in [1.165, 1.54) is 4.88 Å². The van der Waals surface area contributed by atoms with Gasteiger partial charge in [0.1, 0.15) is 0 Å². The lowest BCUT2D eigenvalue weighted by atomic mass is 10.2. The smallest absolute Gasteiger partial charge is 0.0620 e. The van der Waals surface area contributed by atoms with Gasteiger partial charge in [0, 0.05) is 17.5 Å². The standard InChI is InChI=1S/C12H20N2OS/c1-2-12(16-9-1)4-6-13-5-3-11-10-15-8-7-14-11/h1-2,9,11,13-14H,3-8,10H2. The molecule has 1 fully saturated rings. The second-order valence-electron chi connectivity index (χ2n) is 4.09. The molecular weight excluding hydrogens is 220 g/mol. The Balaban J connectivity index is 1.48. The monoisotopic (exact) mass is 240 g/mol. The van der Waals surface area contributed by atoms with Crippen LogP contribution in [0.25, 0.3) is 0 Å². The number of morpholine rings is 1. The maximum atomic E-state index is 5.41. The highest BCUT2D eigenvalue weighted by Gasteiger charge is 2.11. The van der Waals surface area contributed by atoms with Crippen LogP contribution in [0, 0.1) is 0 Å². The lowest BCUT2D eigenvalue weighted by Gasteiger charge is -2.23. The van der Waals surface area contributed by atoms with Crippen LogP contribution in [0.5, 0.6) is 0 Å². The van der Waals surface area contributed by atoms with E-state index in [4.69, 9.17) is 4.74 Å². The summed E-state index contributed by atoms with van der Waals surface area (Å²) in [6.07, 6.45) is 2.30. The summed E-state index contributed by atoms with van der Waals surface area (Å²) in [6.45, 7) is 4.88. The van der Waals surface area contributed by atoms with E-state index in [-0.39, 0.29) is 0 Å². The molecule has 16 heavy (non-hydrogen) atoms. The van der Waals surface area contributed by atoms with Crippen molar-refractivity contribution in [2.24, 2.45) is 0 Å². The van der Waals surface area contributed by atoms with Gasteiger partial charge in [0.25, 0.3) is 0 Å². The first kappa shape index (κ1) is 12.0. The Morgan fingerprint density at radius 1 is 1.50 bits per heavy atom. The quantitative estimate of drug-likeness (QED) is 0.735. The van der Waals surface area contributed by atoms with Gasteiger partial charge in [-0.1, -0.05) is 6.07 Å². The highest BCUT2D eigenvalue weighted by molar-refractivity contribution is 7.09. The van der Waals surface area contributed by atoms with Gasteiger partial charge in [-0.15, -0.1) is 11.3 Å². The summed E-state index contributed by atoms with van der Waals surface area (Å²) in [6, 6.07) is 4.86. The minimum absolute atomic E-state index is 0.544. The van der Waals surface area contributed by atoms with Crippen molar-refractivity contribution in [3.8, 4) is 0 Å². The van der Waals surface area contributed by atoms with E-state index in [9.17, 15) is 0 Å². The third-order valence-electron chi connectivity index (χ3n) is 2.80. The van der Waals surface area contributed by atoms with E-state index in [1.807, 2.05) is 11.3 Å². The zero-order valence-electron chi connectivity index (χ0n) is 9.58. The summed E-state index contributed by atoms with van der Waals surface area (Å²) in [5.74, 6) is 0. The zero-order valence-corrected chi connectivity index (χ0v) is 10.4. The number of hydrogen-bond acceptors (Lipinski definition) is 4. The van der Waals surface area contributed by atoms with E-state index < -0.39 is 0 Å². The average Bonchev–Trinajstić information content (AvgIpc) is 2.83. The molecule has 0 aliphatic carbocycles. The van der Waals surface area contributed by atoms with Crippen molar-refractivity contribution in [3.05, 3.63) is 22.4 Å². The Labute approximate surface area is 101 Å². The molecule has 1 aliphatic heterocycles. The molecule has 2 rings (SSSR count). The Hall–Kier alpha value is -0.420. The van der Waals surface area contributed by atoms with Crippen LogP contribution in [-0.4, -0.2) is 38.9 Å². The van der Waals surface area contributed by atoms with E-state index >= 15 is 0 Å². The molecule has 0 bridgehead atoms. The Bertz CT molecular complexity index is 271. The lowest BCUT2D eigenvalue weighted by Crippen LogP contribution is -2.42. The minimum Gasteiger partial charge on any atom is -0.379 e. The molecule has 0 saturated carbocycles. The maximum Gasteiger partial charge on any atom is 0.0620 e. The van der Waals surface area contributed by atoms with Crippen LogP contribution in [-0.2, 0) is 11.2 Å². The van der Waals surface area contributed by atoms with E-state index in [0.29, 0.717) is 6.04 Å². The molecule has 3 nitrogen and oxygen atoms in total. The fourth-order valence-corrected chi connectivity index (χ4v) is 2.58. The average molecular weight is 240 g/mol. The molecule has 1 aliphatic rings. The van der Waals surface area contributed by atoms with Gasteiger partial charge >= 0.3 is 0 Å². The van der Waals surface area contributed by atoms with Crippen LogP contribution in [0.3, 0.4) is 0 Å². The first-order valence-corrected chi connectivity index (χ1v) is 6.87. The molecule has 0 aromatic carbocycles. The van der Waals surface area contributed by atoms with Gasteiger partial charge in [-0.25, -0.2) is 0 Å². The Morgan fingerprint density at radius 3 is 3.25 bits per heavy atom. The van der Waals surface area contributed by atoms with Gasteiger partial charge in [0.15, 0.2) is 0 Å². The molecule has 1 atom stereocenters. The van der Waals surface area contributed by atoms with E-state index in [2.05, 4.69) is 28.1 Å². The van der Waals surface area contributed by atoms with Crippen LogP contribution in [0.4, 0.5) is 0 Å². The summed E-state index contributed by atoms with van der Waals surface area (Å²) >= 11 is 1.84. The highest BCUT2D eigenvalue weighted by Crippen LogP contribution is 2.08. The van der Waals surface area contributed by atoms with Crippen molar-refractivity contribution in [1.82, 2.24) is 10.6 Å². The fourth-order valence-electron chi connectivity index (χ4n) is 1.87. The molecule has 1 aromatic rings. The molecule has 1 aromatic heterocycles. The minimum atomic E-state index is 0.544. The van der Waals surface area contributed by atoms with Gasteiger partial charge in [-0.3, -0.25) is 0 Å². The lowest BCUT2D eigenvalue weighted by molar-refractivity contribution is 0.0743. The van der Waals surface area contributed by atoms with Gasteiger partial charge in [0.2, 0.25) is 0 Å². The number of ether oxygens (including phenoxy) is 1. The molecule has 2 heterocycles. The predicted molar refractivity (Wildman–Crippen MR) is 68.1 cm³/mol. The van der Waals surface area contributed by atoms with Gasteiger partial charge in [-0.2, -0.15) is 0 Å². The molecule has 1 saturated heterocycles. The fraction of sp³-hybridized carbons (Fsp3) is 0.667. The van der Waals surface area contributed by atoms with Crippen LogP contribution >= 0.6 is 11.3 Å². The molecule has 0 amide bonds. The number of nitrogens with one attached hydrogen (secondary N) is 2. The number of thiophene rings is 1. The number of rotatable bonds is 6. The third kappa shape index (κ3) is 4.22. The first-order valence-electron chi connectivity index (χ1n) is 5.99. The zero-order chi connectivity index (χ0) is 11.1. The molecule has 4 heteroatoms. The molecule has 90 valence electrons. The number of hydrogen-bond donors (Lipinski definition) is 2. The SMILES string of the molecule is c1csc(CCNCCC2COCCN2)c1. The summed E-state index contributed by atoms with van der Waals surface area (Å²) in [7, 11) is 0. The predicted octanol–water partition coefficient (Wildman–Crippen LogP) is 1.26.